The van der Waals surface area contributed by atoms with Crippen LogP contribution in [0, 0.1) is 16.2 Å². The van der Waals surface area contributed by atoms with Gasteiger partial charge in [0.1, 0.15) is 12.4 Å². The van der Waals surface area contributed by atoms with Gasteiger partial charge < -0.3 is 10.1 Å². The van der Waals surface area contributed by atoms with E-state index in [1.165, 1.54) is 16.8 Å². The first-order valence-corrected chi connectivity index (χ1v) is 3.26. The zero-order chi connectivity index (χ0) is 8.55. The number of aromatic nitrogens is 2. The molecule has 0 fully saturated rings. The third kappa shape index (κ3) is 0.833. The quantitative estimate of drug-likeness (QED) is 0.465. The molecule has 5 heteroatoms. The number of nitro groups is 1. The predicted octanol–water partition coefficient (Wildman–Crippen LogP) is 1.04. The molecule has 59 valence electrons. The Morgan fingerprint density at radius 1 is 1.67 bits per heavy atom. The van der Waals surface area contributed by atoms with Crippen molar-refractivity contribution in [2.24, 2.45) is 0 Å². The van der Waals surface area contributed by atoms with Crippen molar-refractivity contribution in [1.29, 1.82) is 0 Å². The van der Waals surface area contributed by atoms with Crippen LogP contribution in [0.5, 0.6) is 0 Å². The van der Waals surface area contributed by atoms with Gasteiger partial charge in [-0.15, -0.1) is 0 Å². The van der Waals surface area contributed by atoms with Crippen LogP contribution in [0.3, 0.4) is 0 Å². The standard InChI is InChI=1S/C7H4N3O2/c11-10(12)7-5-8-6-3-1-2-4-9(6)7/h1,3-5H. The minimum atomic E-state index is -0.478. The molecule has 0 aromatic carbocycles. The lowest BCUT2D eigenvalue weighted by Crippen LogP contribution is -1.92. The molecule has 0 N–H and O–H groups in total. The summed E-state index contributed by atoms with van der Waals surface area (Å²) in [6.07, 6.45) is 2.71. The first kappa shape index (κ1) is 6.78. The number of nitrogens with zero attached hydrogens (tertiary/aromatic N) is 3. The van der Waals surface area contributed by atoms with E-state index in [-0.39, 0.29) is 5.82 Å². The largest absolute Gasteiger partial charge is 0.358 e. The average Bonchev–Trinajstić information content (AvgIpc) is 2.47. The number of hydrogen-bond acceptors (Lipinski definition) is 3. The van der Waals surface area contributed by atoms with E-state index in [2.05, 4.69) is 11.1 Å². The molecular weight excluding hydrogens is 158 g/mol. The Kier molecular flexibility index (Phi) is 1.30. The Labute approximate surface area is 67.4 Å². The summed E-state index contributed by atoms with van der Waals surface area (Å²) >= 11 is 0. The summed E-state index contributed by atoms with van der Waals surface area (Å²) in [7, 11) is 0. The zero-order valence-electron chi connectivity index (χ0n) is 5.97. The van der Waals surface area contributed by atoms with Crippen molar-refractivity contribution < 1.29 is 4.92 Å². The maximum Gasteiger partial charge on any atom is 0.347 e. The van der Waals surface area contributed by atoms with E-state index < -0.39 is 4.92 Å². The van der Waals surface area contributed by atoms with E-state index in [1.807, 2.05) is 0 Å². The van der Waals surface area contributed by atoms with E-state index >= 15 is 0 Å². The Balaban J connectivity index is 2.79. The van der Waals surface area contributed by atoms with Crippen molar-refractivity contribution in [2.45, 2.75) is 0 Å². The summed E-state index contributed by atoms with van der Waals surface area (Å²) < 4.78 is 1.37. The van der Waals surface area contributed by atoms with Crippen LogP contribution >= 0.6 is 0 Å². The highest BCUT2D eigenvalue weighted by Gasteiger charge is 2.11. The second-order valence-electron chi connectivity index (χ2n) is 2.23. The number of rotatable bonds is 1. The molecule has 0 atom stereocenters. The smallest absolute Gasteiger partial charge is 0.347 e. The van der Waals surface area contributed by atoms with Gasteiger partial charge in [0.15, 0.2) is 0 Å². The first-order valence-electron chi connectivity index (χ1n) is 3.26. The van der Waals surface area contributed by atoms with Crippen molar-refractivity contribution >= 4 is 11.5 Å². The second kappa shape index (κ2) is 2.30. The molecule has 0 aliphatic rings. The molecule has 2 aromatic rings. The first-order chi connectivity index (χ1) is 5.79. The molecule has 2 aromatic heterocycles. The SMILES string of the molecule is O=[N+]([O-])c1cnc2cc[c]cn12. The molecule has 1 radical (unpaired) electrons. The molecule has 0 saturated carbocycles. The normalized spacial score (nSPS) is 10.3. The van der Waals surface area contributed by atoms with Crippen LogP contribution < -0.4 is 0 Å². The topological polar surface area (TPSA) is 60.4 Å². The third-order valence-corrected chi connectivity index (χ3v) is 1.53. The van der Waals surface area contributed by atoms with Crippen molar-refractivity contribution in [2.75, 3.05) is 0 Å². The fourth-order valence-electron chi connectivity index (χ4n) is 0.997. The number of hydrogen-bond donors (Lipinski definition) is 0. The molecule has 2 heterocycles. The second-order valence-corrected chi connectivity index (χ2v) is 2.23. The van der Waals surface area contributed by atoms with E-state index in [1.54, 1.807) is 12.1 Å². The summed E-state index contributed by atoms with van der Waals surface area (Å²) in [5.41, 5.74) is 0.556. The van der Waals surface area contributed by atoms with Gasteiger partial charge in [0.25, 0.3) is 0 Å². The maximum atomic E-state index is 10.4. The lowest BCUT2D eigenvalue weighted by molar-refractivity contribution is -0.390. The van der Waals surface area contributed by atoms with Gasteiger partial charge in [-0.3, -0.25) is 0 Å². The number of pyridine rings is 1. The van der Waals surface area contributed by atoms with Gasteiger partial charge in [-0.1, -0.05) is 0 Å². The van der Waals surface area contributed by atoms with Gasteiger partial charge >= 0.3 is 5.82 Å². The van der Waals surface area contributed by atoms with Crippen LogP contribution in [0.15, 0.2) is 24.5 Å². The minimum absolute atomic E-state index is 0.0400. The Hall–Kier alpha value is -1.91. The van der Waals surface area contributed by atoms with Crippen molar-refractivity contribution in [1.82, 2.24) is 9.38 Å². The summed E-state index contributed by atoms with van der Waals surface area (Å²) in [4.78, 5) is 13.8. The Bertz CT molecular complexity index is 435. The molecule has 0 spiro atoms. The molecule has 0 unspecified atom stereocenters. The van der Waals surface area contributed by atoms with Crippen molar-refractivity contribution in [3.05, 3.63) is 40.7 Å². The monoisotopic (exact) mass is 162 g/mol. The van der Waals surface area contributed by atoms with Gasteiger partial charge in [0, 0.05) is 12.1 Å². The van der Waals surface area contributed by atoms with E-state index in [4.69, 9.17) is 0 Å². The minimum Gasteiger partial charge on any atom is -0.358 e. The molecule has 2 rings (SSSR count). The van der Waals surface area contributed by atoms with Gasteiger partial charge in [-0.2, -0.15) is 4.40 Å². The molecule has 0 bridgehead atoms. The predicted molar refractivity (Wildman–Crippen MR) is 40.7 cm³/mol. The summed E-state index contributed by atoms with van der Waals surface area (Å²) in [6, 6.07) is 6.05. The van der Waals surface area contributed by atoms with E-state index in [0.717, 1.165) is 0 Å². The van der Waals surface area contributed by atoms with E-state index in [9.17, 15) is 10.1 Å². The zero-order valence-corrected chi connectivity index (χ0v) is 5.97. The lowest BCUT2D eigenvalue weighted by atomic mass is 10.5. The number of imidazole rings is 1. The highest BCUT2D eigenvalue weighted by Crippen LogP contribution is 2.12. The molecule has 0 aliphatic carbocycles. The fourth-order valence-corrected chi connectivity index (χ4v) is 0.997. The van der Waals surface area contributed by atoms with Crippen LogP contribution in [0.25, 0.3) is 5.65 Å². The lowest BCUT2D eigenvalue weighted by Gasteiger charge is -1.90. The van der Waals surface area contributed by atoms with Crippen LogP contribution in [-0.4, -0.2) is 14.3 Å². The van der Waals surface area contributed by atoms with Crippen molar-refractivity contribution in [3.8, 4) is 0 Å². The number of fused-ring (bicyclic) bond motifs is 1. The summed E-state index contributed by atoms with van der Waals surface area (Å²) in [6.45, 7) is 0. The highest BCUT2D eigenvalue weighted by molar-refractivity contribution is 5.43. The molecular formula is C7H4N3O2. The Morgan fingerprint density at radius 2 is 2.50 bits per heavy atom. The third-order valence-electron chi connectivity index (χ3n) is 1.53. The average molecular weight is 162 g/mol. The van der Waals surface area contributed by atoms with Crippen LogP contribution in [0.2, 0.25) is 0 Å². The summed E-state index contributed by atoms with van der Waals surface area (Å²) in [5, 5.41) is 10.4. The molecule has 0 aliphatic heterocycles. The highest BCUT2D eigenvalue weighted by atomic mass is 16.6. The molecule has 0 amide bonds. The van der Waals surface area contributed by atoms with Gasteiger partial charge in [0.2, 0.25) is 5.65 Å². The van der Waals surface area contributed by atoms with Crippen LogP contribution in [-0.2, 0) is 0 Å². The molecule has 0 saturated heterocycles. The molecule has 12 heavy (non-hydrogen) atoms. The van der Waals surface area contributed by atoms with Crippen LogP contribution in [0.1, 0.15) is 0 Å². The summed E-state index contributed by atoms with van der Waals surface area (Å²) in [5.74, 6) is -0.0400. The van der Waals surface area contributed by atoms with E-state index in [0.29, 0.717) is 5.65 Å². The maximum absolute atomic E-state index is 10.4. The van der Waals surface area contributed by atoms with Gasteiger partial charge in [0.05, 0.1) is 0 Å². The van der Waals surface area contributed by atoms with Crippen LogP contribution in [0.4, 0.5) is 5.82 Å². The fraction of sp³-hybridized carbons (Fsp3) is 0. The van der Waals surface area contributed by atoms with Gasteiger partial charge in [-0.05, 0) is 11.0 Å². The van der Waals surface area contributed by atoms with Crippen molar-refractivity contribution in [3.63, 3.8) is 0 Å². The Morgan fingerprint density at radius 3 is 3.25 bits per heavy atom. The van der Waals surface area contributed by atoms with Gasteiger partial charge in [-0.25, -0.2) is 4.98 Å². The molecule has 5 nitrogen and oxygen atoms in total.